The normalized spacial score (nSPS) is 12.1. The van der Waals surface area contributed by atoms with Crippen molar-refractivity contribution in [1.29, 1.82) is 5.26 Å². The van der Waals surface area contributed by atoms with Gasteiger partial charge in [0.2, 0.25) is 0 Å². The quantitative estimate of drug-likeness (QED) is 0.913. The van der Waals surface area contributed by atoms with E-state index in [0.717, 1.165) is 12.1 Å². The van der Waals surface area contributed by atoms with Gasteiger partial charge in [-0.05, 0) is 32.0 Å². The molecule has 19 heavy (non-hydrogen) atoms. The Morgan fingerprint density at radius 2 is 1.95 bits per heavy atom. The first-order valence-electron chi connectivity index (χ1n) is 5.58. The number of alkyl halides is 3. The number of hydrogen-bond donors (Lipinski definition) is 1. The van der Waals surface area contributed by atoms with Gasteiger partial charge in [-0.3, -0.25) is 0 Å². The maximum absolute atomic E-state index is 12.5. The smallest absolute Gasteiger partial charge is 0.382 e. The third kappa shape index (κ3) is 4.14. The summed E-state index contributed by atoms with van der Waals surface area (Å²) >= 11 is 0. The molecule has 1 N–H and O–H groups in total. The average Bonchev–Trinajstić information content (AvgIpc) is 2.27. The Labute approximate surface area is 110 Å². The number of hydrogen-bond acceptors (Lipinski definition) is 3. The van der Waals surface area contributed by atoms with E-state index in [1.165, 1.54) is 13.2 Å². The number of rotatable bonds is 4. The van der Waals surface area contributed by atoms with Gasteiger partial charge in [0.1, 0.15) is 6.07 Å². The first-order valence-corrected chi connectivity index (χ1v) is 5.58. The third-order valence-electron chi connectivity index (χ3n) is 2.45. The van der Waals surface area contributed by atoms with Gasteiger partial charge in [-0.1, -0.05) is 0 Å². The number of nitrogens with zero attached hydrogens (tertiary/aromatic N) is 1. The van der Waals surface area contributed by atoms with E-state index < -0.39 is 17.3 Å². The summed E-state index contributed by atoms with van der Waals surface area (Å²) in [5, 5.41) is 11.9. The molecule has 3 nitrogen and oxygen atoms in total. The fraction of sp³-hybridized carbons (Fsp3) is 0.462. The molecule has 0 bridgehead atoms. The van der Waals surface area contributed by atoms with Gasteiger partial charge >= 0.3 is 6.18 Å². The topological polar surface area (TPSA) is 45.0 Å². The number of anilines is 1. The molecule has 104 valence electrons. The molecule has 6 heteroatoms. The summed E-state index contributed by atoms with van der Waals surface area (Å²) in [6.45, 7) is 4.02. The van der Waals surface area contributed by atoms with Crippen molar-refractivity contribution in [3.8, 4) is 6.07 Å². The molecule has 0 unspecified atom stereocenters. The number of ether oxygens (including phenoxy) is 1. The van der Waals surface area contributed by atoms with Gasteiger partial charge in [0.15, 0.2) is 0 Å². The Balaban J connectivity index is 3.08. The van der Waals surface area contributed by atoms with Crippen LogP contribution in [0.1, 0.15) is 25.0 Å². The van der Waals surface area contributed by atoms with Crippen molar-refractivity contribution in [2.24, 2.45) is 0 Å². The molecule has 0 heterocycles. The number of nitrogens with one attached hydrogen (secondary N) is 1. The first-order chi connectivity index (χ1) is 8.69. The summed E-state index contributed by atoms with van der Waals surface area (Å²) in [5.74, 6) is 0. The lowest BCUT2D eigenvalue weighted by Gasteiger charge is -2.27. The summed E-state index contributed by atoms with van der Waals surface area (Å²) in [5.41, 5.74) is -1.00. The number of benzene rings is 1. The first kappa shape index (κ1) is 15.3. The molecule has 0 amide bonds. The van der Waals surface area contributed by atoms with Crippen LogP contribution in [0.2, 0.25) is 0 Å². The molecule has 0 radical (unpaired) electrons. The zero-order valence-corrected chi connectivity index (χ0v) is 10.9. The zero-order chi connectivity index (χ0) is 14.7. The molecule has 0 fully saturated rings. The van der Waals surface area contributed by atoms with Crippen LogP contribution in [0.25, 0.3) is 0 Å². The number of nitriles is 1. The summed E-state index contributed by atoms with van der Waals surface area (Å²) in [7, 11) is 1.53. The van der Waals surface area contributed by atoms with Crippen LogP contribution in [0.3, 0.4) is 0 Å². The van der Waals surface area contributed by atoms with Gasteiger partial charge in [-0.25, -0.2) is 0 Å². The summed E-state index contributed by atoms with van der Waals surface area (Å²) in [6.07, 6.45) is -4.45. The molecule has 1 aromatic rings. The van der Waals surface area contributed by atoms with Gasteiger partial charge in [-0.15, -0.1) is 0 Å². The van der Waals surface area contributed by atoms with Crippen LogP contribution in [0.5, 0.6) is 0 Å². The van der Waals surface area contributed by atoms with Gasteiger partial charge in [0.05, 0.1) is 29.0 Å². The molecule has 0 spiro atoms. The molecule has 0 aliphatic carbocycles. The largest absolute Gasteiger partial charge is 0.416 e. The van der Waals surface area contributed by atoms with E-state index in [2.05, 4.69) is 5.32 Å². The second-order valence-corrected chi connectivity index (χ2v) is 4.81. The summed E-state index contributed by atoms with van der Waals surface area (Å²) in [6, 6.07) is 4.82. The highest BCUT2D eigenvalue weighted by Gasteiger charge is 2.31. The lowest BCUT2D eigenvalue weighted by atomic mass is 10.0. The molecular formula is C13H15F3N2O. The molecule has 0 saturated carbocycles. The standard InChI is InChI=1S/C13H15F3N2O/c1-12(2,8-19-3)18-11-5-4-10(13(14,15)16)6-9(11)7-17/h4-6,18H,8H2,1-3H3. The van der Waals surface area contributed by atoms with E-state index in [9.17, 15) is 13.2 Å². The van der Waals surface area contributed by atoms with Crippen molar-refractivity contribution < 1.29 is 17.9 Å². The molecular weight excluding hydrogens is 257 g/mol. The van der Waals surface area contributed by atoms with Crippen molar-refractivity contribution in [2.75, 3.05) is 19.0 Å². The van der Waals surface area contributed by atoms with E-state index in [0.29, 0.717) is 12.3 Å². The van der Waals surface area contributed by atoms with Crippen molar-refractivity contribution in [3.05, 3.63) is 29.3 Å². The Bertz CT molecular complexity index is 490. The maximum Gasteiger partial charge on any atom is 0.416 e. The van der Waals surface area contributed by atoms with Gasteiger partial charge < -0.3 is 10.1 Å². The summed E-state index contributed by atoms with van der Waals surface area (Å²) < 4.78 is 42.6. The lowest BCUT2D eigenvalue weighted by Crippen LogP contribution is -2.36. The molecule has 0 atom stereocenters. The molecule has 0 aliphatic rings. The molecule has 0 aromatic heterocycles. The monoisotopic (exact) mass is 272 g/mol. The van der Waals surface area contributed by atoms with Crippen molar-refractivity contribution in [1.82, 2.24) is 0 Å². The predicted molar refractivity (Wildman–Crippen MR) is 65.7 cm³/mol. The van der Waals surface area contributed by atoms with E-state index >= 15 is 0 Å². The van der Waals surface area contributed by atoms with Crippen LogP contribution in [-0.4, -0.2) is 19.3 Å². The number of halogens is 3. The lowest BCUT2D eigenvalue weighted by molar-refractivity contribution is -0.137. The summed E-state index contributed by atoms with van der Waals surface area (Å²) in [4.78, 5) is 0. The molecule has 0 aliphatic heterocycles. The van der Waals surface area contributed by atoms with Crippen LogP contribution in [0.15, 0.2) is 18.2 Å². The minimum Gasteiger partial charge on any atom is -0.382 e. The third-order valence-corrected chi connectivity index (χ3v) is 2.45. The Morgan fingerprint density at radius 1 is 1.32 bits per heavy atom. The minimum absolute atomic E-state index is 0.0426. The van der Waals surface area contributed by atoms with E-state index in [-0.39, 0.29) is 5.56 Å². The Kier molecular flexibility index (Phi) is 4.43. The SMILES string of the molecule is COCC(C)(C)Nc1ccc(C(F)(F)F)cc1C#N. The van der Waals surface area contributed by atoms with Crippen molar-refractivity contribution in [3.63, 3.8) is 0 Å². The fourth-order valence-corrected chi connectivity index (χ4v) is 1.68. The Hall–Kier alpha value is -1.74. The fourth-order valence-electron chi connectivity index (χ4n) is 1.68. The second-order valence-electron chi connectivity index (χ2n) is 4.81. The van der Waals surface area contributed by atoms with Crippen LogP contribution in [0.4, 0.5) is 18.9 Å². The highest BCUT2D eigenvalue weighted by atomic mass is 19.4. The van der Waals surface area contributed by atoms with E-state index in [4.69, 9.17) is 10.00 Å². The van der Waals surface area contributed by atoms with Crippen LogP contribution >= 0.6 is 0 Å². The predicted octanol–water partition coefficient (Wildman–Crippen LogP) is 3.41. The zero-order valence-electron chi connectivity index (χ0n) is 10.9. The van der Waals surface area contributed by atoms with Crippen LogP contribution < -0.4 is 5.32 Å². The second kappa shape index (κ2) is 5.49. The van der Waals surface area contributed by atoms with E-state index in [1.54, 1.807) is 6.07 Å². The average molecular weight is 272 g/mol. The minimum atomic E-state index is -4.45. The highest BCUT2D eigenvalue weighted by molar-refractivity contribution is 5.60. The Morgan fingerprint density at radius 3 is 2.42 bits per heavy atom. The van der Waals surface area contributed by atoms with Crippen LogP contribution in [0, 0.1) is 11.3 Å². The van der Waals surface area contributed by atoms with Gasteiger partial charge in [0.25, 0.3) is 0 Å². The highest BCUT2D eigenvalue weighted by Crippen LogP contribution is 2.32. The van der Waals surface area contributed by atoms with Crippen LogP contribution in [-0.2, 0) is 10.9 Å². The van der Waals surface area contributed by atoms with Crippen molar-refractivity contribution >= 4 is 5.69 Å². The molecule has 1 aromatic carbocycles. The maximum atomic E-state index is 12.5. The molecule has 1 rings (SSSR count). The van der Waals surface area contributed by atoms with Gasteiger partial charge in [0, 0.05) is 7.11 Å². The van der Waals surface area contributed by atoms with Gasteiger partial charge in [-0.2, -0.15) is 18.4 Å². The van der Waals surface area contributed by atoms with E-state index in [1.807, 2.05) is 13.8 Å². The van der Waals surface area contributed by atoms with Crippen molar-refractivity contribution in [2.45, 2.75) is 25.6 Å². The number of methoxy groups -OCH3 is 1. The molecule has 0 saturated heterocycles.